The van der Waals surface area contributed by atoms with Crippen LogP contribution in [0.25, 0.3) is 0 Å². The summed E-state index contributed by atoms with van der Waals surface area (Å²) in [6.45, 7) is 4.70. The number of nitrogens with two attached hydrogens (primary N) is 1. The number of halogens is 1. The maximum absolute atomic E-state index is 5.84. The second-order valence-corrected chi connectivity index (χ2v) is 5.72. The van der Waals surface area contributed by atoms with Crippen LogP contribution in [0.2, 0.25) is 0 Å². The summed E-state index contributed by atoms with van der Waals surface area (Å²) in [4.78, 5) is 4.28. The molecule has 0 aliphatic heterocycles. The van der Waals surface area contributed by atoms with E-state index in [2.05, 4.69) is 34.8 Å². The highest BCUT2D eigenvalue weighted by Gasteiger charge is 2.07. The number of nitrogen functional groups attached to an aromatic ring is 1. The average molecular weight is 337 g/mol. The summed E-state index contributed by atoms with van der Waals surface area (Å²) in [6, 6.07) is 11.0. The number of aromatic nitrogens is 1. The van der Waals surface area contributed by atoms with Crippen LogP contribution in [-0.4, -0.2) is 11.6 Å². The molecule has 0 aliphatic rings. The number of hydrogen-bond donors (Lipinski definition) is 1. The van der Waals surface area contributed by atoms with Crippen molar-refractivity contribution in [2.24, 2.45) is 5.92 Å². The highest BCUT2D eigenvalue weighted by Crippen LogP contribution is 2.27. The molecule has 2 N–H and O–H groups in total. The Hall–Kier alpha value is -1.75. The number of benzene rings is 1. The fraction of sp³-hybridized carbons (Fsp3) is 0.267. The number of anilines is 1. The van der Waals surface area contributed by atoms with Crippen LogP contribution < -0.4 is 15.2 Å². The molecule has 0 saturated heterocycles. The first-order valence-corrected chi connectivity index (χ1v) is 7.16. The van der Waals surface area contributed by atoms with Gasteiger partial charge in [-0.05, 0) is 36.2 Å². The summed E-state index contributed by atoms with van der Waals surface area (Å²) < 4.78 is 12.2. The van der Waals surface area contributed by atoms with E-state index in [4.69, 9.17) is 15.2 Å². The summed E-state index contributed by atoms with van der Waals surface area (Å²) in [5, 5.41) is 0. The maximum Gasteiger partial charge on any atom is 0.240 e. The highest BCUT2D eigenvalue weighted by atomic mass is 79.9. The molecule has 0 fully saturated rings. The number of nitrogens with zero attached hydrogens (tertiary/aromatic N) is 1. The molecule has 0 atom stereocenters. The SMILES string of the molecule is CC(C)COc1nc(Oc2ccc(Br)cc2)ccc1N. The first kappa shape index (κ1) is 14.7. The van der Waals surface area contributed by atoms with Gasteiger partial charge < -0.3 is 15.2 Å². The third kappa shape index (κ3) is 4.13. The van der Waals surface area contributed by atoms with Gasteiger partial charge in [0.1, 0.15) is 5.75 Å². The maximum atomic E-state index is 5.84. The van der Waals surface area contributed by atoms with Crippen LogP contribution >= 0.6 is 15.9 Å². The highest BCUT2D eigenvalue weighted by molar-refractivity contribution is 9.10. The van der Waals surface area contributed by atoms with E-state index in [1.54, 1.807) is 12.1 Å². The molecule has 0 aliphatic carbocycles. The molecule has 0 unspecified atom stereocenters. The van der Waals surface area contributed by atoms with Crippen molar-refractivity contribution in [1.82, 2.24) is 4.98 Å². The molecule has 0 radical (unpaired) electrons. The lowest BCUT2D eigenvalue weighted by atomic mass is 10.2. The third-order valence-corrected chi connectivity index (χ3v) is 2.98. The van der Waals surface area contributed by atoms with Crippen molar-refractivity contribution < 1.29 is 9.47 Å². The lowest BCUT2D eigenvalue weighted by molar-refractivity contribution is 0.260. The van der Waals surface area contributed by atoms with Gasteiger partial charge in [-0.15, -0.1) is 0 Å². The van der Waals surface area contributed by atoms with Crippen LogP contribution in [0.3, 0.4) is 0 Å². The molecule has 20 heavy (non-hydrogen) atoms. The standard InChI is InChI=1S/C15H17BrN2O2/c1-10(2)9-19-15-13(17)7-8-14(18-15)20-12-5-3-11(16)4-6-12/h3-8,10H,9,17H2,1-2H3. The third-order valence-electron chi connectivity index (χ3n) is 2.45. The minimum atomic E-state index is 0.409. The first-order chi connectivity index (χ1) is 9.54. The van der Waals surface area contributed by atoms with E-state index >= 15 is 0 Å². The van der Waals surface area contributed by atoms with Gasteiger partial charge in [0.05, 0.1) is 12.3 Å². The zero-order valence-corrected chi connectivity index (χ0v) is 13.1. The van der Waals surface area contributed by atoms with E-state index in [1.807, 2.05) is 24.3 Å². The number of pyridine rings is 1. The molecule has 5 heteroatoms. The molecule has 0 bridgehead atoms. The minimum absolute atomic E-state index is 0.409. The second kappa shape index (κ2) is 6.61. The first-order valence-electron chi connectivity index (χ1n) is 6.37. The summed E-state index contributed by atoms with van der Waals surface area (Å²) in [5.41, 5.74) is 6.35. The lowest BCUT2D eigenvalue weighted by Crippen LogP contribution is -2.07. The summed E-state index contributed by atoms with van der Waals surface area (Å²) in [5.74, 6) is 1.99. The van der Waals surface area contributed by atoms with E-state index in [-0.39, 0.29) is 0 Å². The van der Waals surface area contributed by atoms with Gasteiger partial charge in [0.25, 0.3) is 0 Å². The van der Waals surface area contributed by atoms with E-state index in [0.717, 1.165) is 4.47 Å². The molecule has 2 rings (SSSR count). The Bertz CT molecular complexity index is 571. The van der Waals surface area contributed by atoms with Gasteiger partial charge in [-0.1, -0.05) is 29.8 Å². The zero-order chi connectivity index (χ0) is 14.5. The van der Waals surface area contributed by atoms with Gasteiger partial charge in [-0.3, -0.25) is 0 Å². The molecule has 4 nitrogen and oxygen atoms in total. The van der Waals surface area contributed by atoms with Gasteiger partial charge >= 0.3 is 0 Å². The van der Waals surface area contributed by atoms with Gasteiger partial charge in [0.2, 0.25) is 11.8 Å². The van der Waals surface area contributed by atoms with Gasteiger partial charge in [-0.2, -0.15) is 4.98 Å². The Balaban J connectivity index is 2.12. The summed E-state index contributed by atoms with van der Waals surface area (Å²) >= 11 is 3.38. The van der Waals surface area contributed by atoms with Gasteiger partial charge in [-0.25, -0.2) is 0 Å². The van der Waals surface area contributed by atoms with E-state index in [9.17, 15) is 0 Å². The fourth-order valence-corrected chi connectivity index (χ4v) is 1.74. The predicted octanol–water partition coefficient (Wildman–Crippen LogP) is 4.25. The molecule has 1 aromatic heterocycles. The van der Waals surface area contributed by atoms with E-state index in [0.29, 0.717) is 35.7 Å². The van der Waals surface area contributed by atoms with Crippen LogP contribution in [0, 0.1) is 5.92 Å². The van der Waals surface area contributed by atoms with Crippen molar-refractivity contribution in [3.63, 3.8) is 0 Å². The number of rotatable bonds is 5. The Morgan fingerprint density at radius 3 is 2.50 bits per heavy atom. The van der Waals surface area contributed by atoms with Crippen molar-refractivity contribution in [3.05, 3.63) is 40.9 Å². The van der Waals surface area contributed by atoms with Crippen molar-refractivity contribution in [2.75, 3.05) is 12.3 Å². The monoisotopic (exact) mass is 336 g/mol. The molecular formula is C15H17BrN2O2. The van der Waals surface area contributed by atoms with E-state index < -0.39 is 0 Å². The summed E-state index contributed by atoms with van der Waals surface area (Å²) in [7, 11) is 0. The van der Waals surface area contributed by atoms with Crippen LogP contribution in [0.4, 0.5) is 5.69 Å². The number of ether oxygens (including phenoxy) is 2. The Morgan fingerprint density at radius 2 is 1.85 bits per heavy atom. The molecule has 2 aromatic rings. The average Bonchev–Trinajstić information content (AvgIpc) is 2.42. The molecule has 0 spiro atoms. The summed E-state index contributed by atoms with van der Waals surface area (Å²) in [6.07, 6.45) is 0. The Labute approximate surface area is 127 Å². The van der Waals surface area contributed by atoms with Crippen LogP contribution in [0.1, 0.15) is 13.8 Å². The van der Waals surface area contributed by atoms with Crippen molar-refractivity contribution in [2.45, 2.75) is 13.8 Å². The van der Waals surface area contributed by atoms with Crippen LogP contribution in [-0.2, 0) is 0 Å². The molecule has 0 amide bonds. The van der Waals surface area contributed by atoms with Crippen LogP contribution in [0.5, 0.6) is 17.5 Å². The van der Waals surface area contributed by atoms with Crippen molar-refractivity contribution in [1.29, 1.82) is 0 Å². The Kier molecular flexibility index (Phi) is 4.84. The normalized spacial score (nSPS) is 10.6. The smallest absolute Gasteiger partial charge is 0.240 e. The second-order valence-electron chi connectivity index (χ2n) is 4.80. The Morgan fingerprint density at radius 1 is 1.15 bits per heavy atom. The molecular weight excluding hydrogens is 320 g/mol. The quantitative estimate of drug-likeness (QED) is 0.886. The van der Waals surface area contributed by atoms with Gasteiger partial charge in [0, 0.05) is 10.5 Å². The minimum Gasteiger partial charge on any atom is -0.476 e. The van der Waals surface area contributed by atoms with Crippen molar-refractivity contribution >= 4 is 21.6 Å². The lowest BCUT2D eigenvalue weighted by Gasteiger charge is -2.11. The van der Waals surface area contributed by atoms with Crippen LogP contribution in [0.15, 0.2) is 40.9 Å². The fourth-order valence-electron chi connectivity index (χ4n) is 1.48. The van der Waals surface area contributed by atoms with Crippen molar-refractivity contribution in [3.8, 4) is 17.5 Å². The van der Waals surface area contributed by atoms with Gasteiger partial charge in [0.15, 0.2) is 0 Å². The van der Waals surface area contributed by atoms with E-state index in [1.165, 1.54) is 0 Å². The molecule has 106 valence electrons. The molecule has 1 heterocycles. The topological polar surface area (TPSA) is 57.4 Å². The predicted molar refractivity (Wildman–Crippen MR) is 83.2 cm³/mol. The molecule has 1 aromatic carbocycles. The number of hydrogen-bond acceptors (Lipinski definition) is 4. The molecule has 0 saturated carbocycles. The largest absolute Gasteiger partial charge is 0.476 e. The zero-order valence-electron chi connectivity index (χ0n) is 11.5.